The first-order valence-electron chi connectivity index (χ1n) is 9.24. The molecule has 0 saturated carbocycles. The van der Waals surface area contributed by atoms with Gasteiger partial charge < -0.3 is 20.4 Å². The molecule has 29 heavy (non-hydrogen) atoms. The largest absolute Gasteiger partial charge is 0.481 e. The predicted molar refractivity (Wildman–Crippen MR) is 111 cm³/mol. The summed E-state index contributed by atoms with van der Waals surface area (Å²) in [7, 11) is -0.420. The van der Waals surface area contributed by atoms with E-state index in [0.717, 1.165) is 5.56 Å². The molecule has 0 unspecified atom stereocenters. The zero-order valence-corrected chi connectivity index (χ0v) is 17.1. The molecule has 9 nitrogen and oxygen atoms in total. The summed E-state index contributed by atoms with van der Waals surface area (Å²) in [6.07, 6.45) is 2.58. The minimum absolute atomic E-state index is 0.0175. The van der Waals surface area contributed by atoms with E-state index in [0.29, 0.717) is 47.7 Å². The molecular weight excluding hydrogens is 396 g/mol. The van der Waals surface area contributed by atoms with Gasteiger partial charge in [-0.25, -0.2) is 8.42 Å². The molecule has 0 spiro atoms. The summed E-state index contributed by atoms with van der Waals surface area (Å²) in [6, 6.07) is 4.63. The summed E-state index contributed by atoms with van der Waals surface area (Å²) in [5, 5.41) is 13.0. The number of aromatic nitrogens is 2. The van der Waals surface area contributed by atoms with Crippen LogP contribution in [0.15, 0.2) is 34.1 Å². The third kappa shape index (κ3) is 4.19. The number of aryl methyl sites for hydroxylation is 1. The third-order valence-electron chi connectivity index (χ3n) is 4.92. The van der Waals surface area contributed by atoms with Gasteiger partial charge in [-0.1, -0.05) is 0 Å². The van der Waals surface area contributed by atoms with Crippen molar-refractivity contribution < 1.29 is 18.3 Å². The fraction of sp³-hybridized carbons (Fsp3) is 0.368. The molecule has 0 atom stereocenters. The molecule has 3 aromatic rings. The Morgan fingerprint density at radius 3 is 2.76 bits per heavy atom. The number of rotatable bonds is 9. The van der Waals surface area contributed by atoms with E-state index in [1.807, 2.05) is 0 Å². The molecule has 0 amide bonds. The molecule has 3 rings (SSSR count). The molecular formula is C19H24N4O5S. The number of aliphatic carboxylic acids is 1. The van der Waals surface area contributed by atoms with Gasteiger partial charge in [0.05, 0.1) is 4.90 Å². The molecule has 0 fully saturated rings. The summed E-state index contributed by atoms with van der Waals surface area (Å²) in [6.45, 7) is 0.842. The van der Waals surface area contributed by atoms with E-state index in [-0.39, 0.29) is 16.9 Å². The Hall–Kier alpha value is -2.69. The highest BCUT2D eigenvalue weighted by Crippen LogP contribution is 2.28. The Morgan fingerprint density at radius 2 is 2.07 bits per heavy atom. The maximum Gasteiger partial charge on any atom is 0.303 e. The maximum absolute atomic E-state index is 12.9. The third-order valence-corrected chi connectivity index (χ3v) is 6.77. The number of sulfonamides is 1. The molecule has 2 aromatic heterocycles. The van der Waals surface area contributed by atoms with Gasteiger partial charge in [-0.3, -0.25) is 9.59 Å². The number of H-pyrrole nitrogens is 2. The van der Waals surface area contributed by atoms with Gasteiger partial charge in [-0.2, -0.15) is 4.31 Å². The molecule has 0 aliphatic heterocycles. The monoisotopic (exact) mass is 420 g/mol. The summed E-state index contributed by atoms with van der Waals surface area (Å²) in [5.74, 6) is -0.884. The van der Waals surface area contributed by atoms with Crippen LogP contribution < -0.4 is 10.9 Å². The Bertz CT molecular complexity index is 1210. The Morgan fingerprint density at radius 1 is 1.31 bits per heavy atom. The van der Waals surface area contributed by atoms with Gasteiger partial charge in [0.2, 0.25) is 10.0 Å². The number of benzene rings is 1. The zero-order valence-electron chi connectivity index (χ0n) is 16.3. The topological polar surface area (TPSA) is 135 Å². The number of carbonyl (C=O) groups is 1. The van der Waals surface area contributed by atoms with Crippen LogP contribution in [0.3, 0.4) is 0 Å². The number of aromatic amines is 2. The minimum Gasteiger partial charge on any atom is -0.481 e. The van der Waals surface area contributed by atoms with Crippen molar-refractivity contribution in [1.82, 2.24) is 19.6 Å². The standard InChI is InChI=1S/C19H24N4O5S/c1-20-8-9-23(2)29(27,28)13-6-7-15-14(10-13)17-12(4-3-5-16(24)25)11-21-18(17)19(26)22-15/h6-7,10-11,20-21H,3-5,8-9H2,1-2H3,(H,22,26)(H,24,25). The van der Waals surface area contributed by atoms with Crippen molar-refractivity contribution in [3.05, 3.63) is 40.3 Å². The molecule has 0 aliphatic rings. The van der Waals surface area contributed by atoms with Crippen molar-refractivity contribution in [2.75, 3.05) is 27.2 Å². The van der Waals surface area contributed by atoms with Gasteiger partial charge in [0.1, 0.15) is 5.52 Å². The van der Waals surface area contributed by atoms with Crippen LogP contribution in [0.1, 0.15) is 18.4 Å². The molecule has 4 N–H and O–H groups in total. The van der Waals surface area contributed by atoms with Crippen LogP contribution >= 0.6 is 0 Å². The van der Waals surface area contributed by atoms with E-state index in [9.17, 15) is 18.0 Å². The molecule has 10 heteroatoms. The number of pyridine rings is 1. The minimum atomic E-state index is -3.69. The van der Waals surface area contributed by atoms with Gasteiger partial charge in [-0.15, -0.1) is 0 Å². The average Bonchev–Trinajstić information content (AvgIpc) is 3.10. The lowest BCUT2D eigenvalue weighted by molar-refractivity contribution is -0.137. The number of nitrogens with one attached hydrogen (secondary N) is 3. The Kier molecular flexibility index (Phi) is 6.06. The van der Waals surface area contributed by atoms with E-state index >= 15 is 0 Å². The summed E-state index contributed by atoms with van der Waals surface area (Å²) < 4.78 is 27.1. The van der Waals surface area contributed by atoms with Crippen LogP contribution in [-0.4, -0.2) is 61.0 Å². The smallest absolute Gasteiger partial charge is 0.303 e. The molecule has 0 saturated heterocycles. The highest BCUT2D eigenvalue weighted by atomic mass is 32.2. The number of carboxylic acids is 1. The molecule has 0 radical (unpaired) electrons. The molecule has 156 valence electrons. The first-order chi connectivity index (χ1) is 13.8. The zero-order chi connectivity index (χ0) is 21.2. The molecule has 1 aromatic carbocycles. The summed E-state index contributed by atoms with van der Waals surface area (Å²) >= 11 is 0. The number of nitrogens with zero attached hydrogens (tertiary/aromatic N) is 1. The molecule has 2 heterocycles. The van der Waals surface area contributed by atoms with Crippen LogP contribution in [0.5, 0.6) is 0 Å². The molecule has 0 bridgehead atoms. The van der Waals surface area contributed by atoms with Gasteiger partial charge in [0.15, 0.2) is 0 Å². The van der Waals surface area contributed by atoms with Gasteiger partial charge in [0.25, 0.3) is 5.56 Å². The Labute approximate surface area is 167 Å². The van der Waals surface area contributed by atoms with E-state index < -0.39 is 16.0 Å². The lowest BCUT2D eigenvalue weighted by Gasteiger charge is -2.17. The second kappa shape index (κ2) is 8.36. The van der Waals surface area contributed by atoms with Crippen molar-refractivity contribution >= 4 is 37.8 Å². The number of hydrogen-bond donors (Lipinski definition) is 4. The fourth-order valence-electron chi connectivity index (χ4n) is 3.33. The number of carboxylic acid groups (broad SMARTS) is 1. The second-order valence-electron chi connectivity index (χ2n) is 6.90. The van der Waals surface area contributed by atoms with E-state index in [4.69, 9.17) is 5.11 Å². The van der Waals surface area contributed by atoms with Gasteiger partial charge in [0, 0.05) is 49.0 Å². The van der Waals surface area contributed by atoms with Crippen molar-refractivity contribution in [3.8, 4) is 0 Å². The predicted octanol–water partition coefficient (Wildman–Crippen LogP) is 1.26. The quantitative estimate of drug-likeness (QED) is 0.411. The first kappa shape index (κ1) is 21.0. The lowest BCUT2D eigenvalue weighted by atomic mass is 10.0. The van der Waals surface area contributed by atoms with Crippen LogP contribution in [0, 0.1) is 0 Å². The van der Waals surface area contributed by atoms with Crippen molar-refractivity contribution in [2.45, 2.75) is 24.2 Å². The normalized spacial score (nSPS) is 12.2. The molecule has 0 aliphatic carbocycles. The Balaban J connectivity index is 2.12. The van der Waals surface area contributed by atoms with Crippen molar-refractivity contribution in [1.29, 1.82) is 0 Å². The van der Waals surface area contributed by atoms with E-state index in [1.54, 1.807) is 25.4 Å². The maximum atomic E-state index is 12.9. The van der Waals surface area contributed by atoms with Crippen molar-refractivity contribution in [3.63, 3.8) is 0 Å². The van der Waals surface area contributed by atoms with Crippen molar-refractivity contribution in [2.24, 2.45) is 0 Å². The van der Waals surface area contributed by atoms with Gasteiger partial charge >= 0.3 is 5.97 Å². The number of hydrogen-bond acceptors (Lipinski definition) is 5. The van der Waals surface area contributed by atoms with Crippen LogP contribution in [-0.2, 0) is 21.2 Å². The highest BCUT2D eigenvalue weighted by molar-refractivity contribution is 7.89. The fourth-order valence-corrected chi connectivity index (χ4v) is 4.53. The van der Waals surface area contributed by atoms with E-state index in [1.165, 1.54) is 17.4 Å². The van der Waals surface area contributed by atoms with Gasteiger partial charge in [-0.05, 0) is 43.7 Å². The summed E-state index contributed by atoms with van der Waals surface area (Å²) in [4.78, 5) is 29.0. The SMILES string of the molecule is CNCCN(C)S(=O)(=O)c1ccc2[nH]c(=O)c3[nH]cc(CCCC(=O)O)c3c2c1. The van der Waals surface area contributed by atoms with Crippen LogP contribution in [0.25, 0.3) is 21.8 Å². The van der Waals surface area contributed by atoms with Crippen LogP contribution in [0.2, 0.25) is 0 Å². The van der Waals surface area contributed by atoms with Crippen LogP contribution in [0.4, 0.5) is 0 Å². The van der Waals surface area contributed by atoms with E-state index in [2.05, 4.69) is 15.3 Å². The highest BCUT2D eigenvalue weighted by Gasteiger charge is 2.22. The number of fused-ring (bicyclic) bond motifs is 3. The summed E-state index contributed by atoms with van der Waals surface area (Å²) in [5.41, 5.74) is 1.36. The number of likely N-dealkylation sites (N-methyl/N-ethyl adjacent to an activating group) is 2. The first-order valence-corrected chi connectivity index (χ1v) is 10.7. The lowest BCUT2D eigenvalue weighted by Crippen LogP contribution is -2.32. The average molecular weight is 420 g/mol. The second-order valence-corrected chi connectivity index (χ2v) is 8.95.